The lowest BCUT2D eigenvalue weighted by Gasteiger charge is -2.22. The summed E-state index contributed by atoms with van der Waals surface area (Å²) in [6.07, 6.45) is 0.888. The van der Waals surface area contributed by atoms with Crippen molar-refractivity contribution < 1.29 is 17.9 Å². The molecule has 0 aromatic carbocycles. The lowest BCUT2D eigenvalue weighted by atomic mass is 10.0. The van der Waals surface area contributed by atoms with Gasteiger partial charge in [0.15, 0.2) is 6.10 Å². The maximum atomic E-state index is 12.5. The van der Waals surface area contributed by atoms with Gasteiger partial charge in [0.2, 0.25) is 0 Å². The molecule has 0 aromatic heterocycles. The Bertz CT molecular complexity index is 382. The maximum absolute atomic E-state index is 12.5. The molecular weight excluding hydrogens is 257 g/mol. The maximum Gasteiger partial charge on any atom is 0.414 e. The Labute approximate surface area is 110 Å². The highest BCUT2D eigenvalue weighted by atomic mass is 19.4. The van der Waals surface area contributed by atoms with Crippen LogP contribution >= 0.6 is 0 Å². The van der Waals surface area contributed by atoms with Crippen LogP contribution in [0.2, 0.25) is 0 Å². The quantitative estimate of drug-likeness (QED) is 0.810. The Hall–Kier alpha value is -1.32. The van der Waals surface area contributed by atoms with Crippen LogP contribution in [0.1, 0.15) is 19.3 Å². The molecule has 0 radical (unpaired) electrons. The highest BCUT2D eigenvalue weighted by Gasteiger charge is 2.41. The number of allylic oxidation sites excluding steroid dienone is 3. The molecule has 0 fully saturated rings. The van der Waals surface area contributed by atoms with Gasteiger partial charge in [0.05, 0.1) is 12.1 Å². The molecule has 0 amide bonds. The van der Waals surface area contributed by atoms with Crippen LogP contribution < -0.4 is 5.32 Å². The molecular formula is C13H17F3N2O. The molecule has 0 saturated carbocycles. The molecule has 3 nitrogen and oxygen atoms in total. The van der Waals surface area contributed by atoms with Gasteiger partial charge in [-0.05, 0) is 12.8 Å². The molecule has 19 heavy (non-hydrogen) atoms. The molecule has 106 valence electrons. The highest BCUT2D eigenvalue weighted by molar-refractivity contribution is 5.19. The van der Waals surface area contributed by atoms with E-state index in [1.54, 1.807) is 0 Å². The number of alkyl halides is 3. The molecule has 2 atom stereocenters. The Morgan fingerprint density at radius 2 is 2.26 bits per heavy atom. The van der Waals surface area contributed by atoms with Crippen molar-refractivity contribution in [3.63, 3.8) is 0 Å². The fourth-order valence-electron chi connectivity index (χ4n) is 1.81. The van der Waals surface area contributed by atoms with Crippen molar-refractivity contribution in [2.24, 2.45) is 0 Å². The zero-order valence-corrected chi connectivity index (χ0v) is 10.7. The van der Waals surface area contributed by atoms with Crippen LogP contribution in [0.5, 0.6) is 0 Å². The van der Waals surface area contributed by atoms with Crippen LogP contribution in [-0.4, -0.2) is 32.0 Å². The van der Waals surface area contributed by atoms with E-state index in [4.69, 9.17) is 5.26 Å². The van der Waals surface area contributed by atoms with Gasteiger partial charge in [-0.25, -0.2) is 0 Å². The molecule has 1 aliphatic rings. The molecule has 0 bridgehead atoms. The number of ether oxygens (including phenoxy) is 1. The lowest BCUT2D eigenvalue weighted by Crippen LogP contribution is -2.39. The van der Waals surface area contributed by atoms with E-state index in [0.29, 0.717) is 6.54 Å². The Morgan fingerprint density at radius 1 is 1.53 bits per heavy atom. The second kappa shape index (κ2) is 7.31. The normalized spacial score (nSPS) is 18.6. The number of hydrogen-bond acceptors (Lipinski definition) is 3. The summed E-state index contributed by atoms with van der Waals surface area (Å²) in [5.74, 6) is 0. The van der Waals surface area contributed by atoms with Crippen LogP contribution in [0.25, 0.3) is 0 Å². The van der Waals surface area contributed by atoms with Crippen LogP contribution in [0.3, 0.4) is 0 Å². The number of rotatable bonds is 6. The van der Waals surface area contributed by atoms with Crippen molar-refractivity contribution in [3.05, 3.63) is 23.8 Å². The molecule has 2 unspecified atom stereocenters. The van der Waals surface area contributed by atoms with E-state index in [2.05, 4.69) is 10.1 Å². The van der Waals surface area contributed by atoms with Crippen molar-refractivity contribution in [3.8, 4) is 6.07 Å². The SMILES string of the molecule is COC(CC(C#N)NCC1=CC=CCC1)C(F)(F)F. The van der Waals surface area contributed by atoms with E-state index in [1.807, 2.05) is 24.3 Å². The zero-order chi connectivity index (χ0) is 14.3. The smallest absolute Gasteiger partial charge is 0.372 e. The first-order valence-electron chi connectivity index (χ1n) is 6.04. The van der Waals surface area contributed by atoms with E-state index in [9.17, 15) is 13.2 Å². The predicted octanol–water partition coefficient (Wildman–Crippen LogP) is 2.71. The zero-order valence-electron chi connectivity index (χ0n) is 10.7. The largest absolute Gasteiger partial charge is 0.414 e. The van der Waals surface area contributed by atoms with Gasteiger partial charge in [-0.15, -0.1) is 0 Å². The van der Waals surface area contributed by atoms with E-state index in [-0.39, 0.29) is 0 Å². The lowest BCUT2D eigenvalue weighted by molar-refractivity contribution is -0.215. The van der Waals surface area contributed by atoms with Gasteiger partial charge >= 0.3 is 6.18 Å². The number of nitrogens with one attached hydrogen (secondary N) is 1. The predicted molar refractivity (Wildman–Crippen MR) is 65.3 cm³/mol. The second-order valence-electron chi connectivity index (χ2n) is 4.36. The molecule has 0 aromatic rings. The molecule has 0 aliphatic heterocycles. The van der Waals surface area contributed by atoms with E-state index < -0.39 is 24.7 Å². The Morgan fingerprint density at radius 3 is 2.74 bits per heavy atom. The second-order valence-corrected chi connectivity index (χ2v) is 4.36. The van der Waals surface area contributed by atoms with Gasteiger partial charge in [0.1, 0.15) is 0 Å². The third kappa shape index (κ3) is 5.45. The summed E-state index contributed by atoms with van der Waals surface area (Å²) >= 11 is 0. The van der Waals surface area contributed by atoms with Gasteiger partial charge in [-0.3, -0.25) is 5.32 Å². The Balaban J connectivity index is 2.47. The van der Waals surface area contributed by atoms with Crippen molar-refractivity contribution in [1.29, 1.82) is 5.26 Å². The van der Waals surface area contributed by atoms with Gasteiger partial charge < -0.3 is 4.74 Å². The topological polar surface area (TPSA) is 45.0 Å². The van der Waals surface area contributed by atoms with Crippen LogP contribution in [0.15, 0.2) is 23.8 Å². The molecule has 0 heterocycles. The first kappa shape index (κ1) is 15.7. The number of nitriles is 1. The van der Waals surface area contributed by atoms with Gasteiger partial charge in [0, 0.05) is 20.1 Å². The van der Waals surface area contributed by atoms with Gasteiger partial charge in [-0.2, -0.15) is 18.4 Å². The summed E-state index contributed by atoms with van der Waals surface area (Å²) in [6, 6.07) is 0.966. The monoisotopic (exact) mass is 274 g/mol. The van der Waals surface area contributed by atoms with Crippen molar-refractivity contribution in [1.82, 2.24) is 5.32 Å². The summed E-state index contributed by atoms with van der Waals surface area (Å²) in [6.45, 7) is 0.427. The summed E-state index contributed by atoms with van der Waals surface area (Å²) in [5.41, 5.74) is 1.09. The van der Waals surface area contributed by atoms with E-state index in [0.717, 1.165) is 25.5 Å². The van der Waals surface area contributed by atoms with Crippen molar-refractivity contribution in [2.45, 2.75) is 37.6 Å². The third-order valence-corrected chi connectivity index (χ3v) is 2.93. The van der Waals surface area contributed by atoms with E-state index >= 15 is 0 Å². The fraction of sp³-hybridized carbons (Fsp3) is 0.615. The number of halogens is 3. The number of hydrogen-bond donors (Lipinski definition) is 1. The average Bonchev–Trinajstić information content (AvgIpc) is 2.39. The molecule has 0 spiro atoms. The number of methoxy groups -OCH3 is 1. The molecule has 6 heteroatoms. The summed E-state index contributed by atoms with van der Waals surface area (Å²) < 4.78 is 42.0. The summed E-state index contributed by atoms with van der Waals surface area (Å²) in [7, 11) is 1.00. The molecule has 1 N–H and O–H groups in total. The molecule has 0 saturated heterocycles. The van der Waals surface area contributed by atoms with Crippen molar-refractivity contribution in [2.75, 3.05) is 13.7 Å². The first-order chi connectivity index (χ1) is 8.97. The summed E-state index contributed by atoms with van der Waals surface area (Å²) in [5, 5.41) is 11.7. The first-order valence-corrected chi connectivity index (χ1v) is 6.04. The van der Waals surface area contributed by atoms with Crippen molar-refractivity contribution >= 4 is 0 Å². The Kier molecular flexibility index (Phi) is 6.06. The minimum atomic E-state index is -4.45. The van der Waals surface area contributed by atoms with E-state index in [1.165, 1.54) is 0 Å². The van der Waals surface area contributed by atoms with Gasteiger partial charge in [0.25, 0.3) is 0 Å². The fourth-order valence-corrected chi connectivity index (χ4v) is 1.81. The molecule has 1 rings (SSSR count). The highest BCUT2D eigenvalue weighted by Crippen LogP contribution is 2.25. The average molecular weight is 274 g/mol. The van der Waals surface area contributed by atoms with Crippen LogP contribution in [0, 0.1) is 11.3 Å². The minimum Gasteiger partial charge on any atom is -0.372 e. The minimum absolute atomic E-state index is 0.403. The van der Waals surface area contributed by atoms with Gasteiger partial charge in [-0.1, -0.05) is 23.8 Å². The van der Waals surface area contributed by atoms with Crippen LogP contribution in [-0.2, 0) is 4.74 Å². The number of nitrogens with zero attached hydrogens (tertiary/aromatic N) is 1. The third-order valence-electron chi connectivity index (χ3n) is 2.93. The summed E-state index contributed by atoms with van der Waals surface area (Å²) in [4.78, 5) is 0. The van der Waals surface area contributed by atoms with Crippen LogP contribution in [0.4, 0.5) is 13.2 Å². The standard InChI is InChI=1S/C13H17F3N2O/c1-19-12(13(14,15)16)7-11(8-17)18-9-10-5-3-2-4-6-10/h2-3,5,11-12,18H,4,6-7,9H2,1H3. The molecule has 1 aliphatic carbocycles.